The molecule has 0 saturated carbocycles. The van der Waals surface area contributed by atoms with Crippen molar-refractivity contribution in [1.82, 2.24) is 0 Å². The molecular formula is C21H20Cl2N2O2. The normalized spacial score (nSPS) is 12.2. The molecule has 0 aliphatic rings. The third-order valence-corrected chi connectivity index (χ3v) is 4.51. The second-order valence-electron chi connectivity index (χ2n) is 6.11. The minimum Gasteiger partial charge on any atom is -0.489 e. The average Bonchev–Trinajstić information content (AvgIpc) is 2.64. The first kappa shape index (κ1) is 20.8. The van der Waals surface area contributed by atoms with Gasteiger partial charge in [0.05, 0.1) is 11.1 Å². The molecule has 0 fully saturated rings. The number of halogens is 2. The number of carbonyl (C=O) groups is 1. The SMILES string of the molecule is CC[C@H](C)Oc1ccc(/C=C(\C#N)C(=O)Nc2cc(Cl)ccc2C)cc1Cl. The number of ether oxygens (including phenoxy) is 1. The van der Waals surface area contributed by atoms with Gasteiger partial charge >= 0.3 is 0 Å². The van der Waals surface area contributed by atoms with Crippen molar-refractivity contribution in [3.05, 3.63) is 63.1 Å². The number of anilines is 1. The quantitative estimate of drug-likeness (QED) is 0.474. The fraction of sp³-hybridized carbons (Fsp3) is 0.238. The number of hydrogen-bond donors (Lipinski definition) is 1. The first-order valence-electron chi connectivity index (χ1n) is 8.49. The van der Waals surface area contributed by atoms with Crippen LogP contribution in [0.2, 0.25) is 10.0 Å². The molecule has 0 aliphatic heterocycles. The number of nitrogens with one attached hydrogen (secondary N) is 1. The van der Waals surface area contributed by atoms with E-state index in [1.54, 1.807) is 36.4 Å². The number of nitriles is 1. The summed E-state index contributed by atoms with van der Waals surface area (Å²) in [6.45, 7) is 5.83. The van der Waals surface area contributed by atoms with Crippen LogP contribution in [0.1, 0.15) is 31.4 Å². The standard InChI is InChI=1S/C21H20Cl2N2O2/c1-4-14(3)27-20-8-6-15(10-18(20)23)9-16(12-24)21(26)25-19-11-17(22)7-5-13(19)2/h5-11,14H,4H2,1-3H3,(H,25,26)/b16-9+/t14-/m0/s1. The highest BCUT2D eigenvalue weighted by molar-refractivity contribution is 6.32. The Labute approximate surface area is 169 Å². The molecule has 0 radical (unpaired) electrons. The molecular weight excluding hydrogens is 383 g/mol. The van der Waals surface area contributed by atoms with Gasteiger partial charge in [-0.2, -0.15) is 5.26 Å². The number of hydrogen-bond acceptors (Lipinski definition) is 3. The van der Waals surface area contributed by atoms with Crippen LogP contribution in [-0.4, -0.2) is 12.0 Å². The summed E-state index contributed by atoms with van der Waals surface area (Å²) < 4.78 is 5.72. The zero-order chi connectivity index (χ0) is 20.0. The van der Waals surface area contributed by atoms with Crippen molar-refractivity contribution in [2.24, 2.45) is 0 Å². The van der Waals surface area contributed by atoms with E-state index >= 15 is 0 Å². The average molecular weight is 403 g/mol. The number of rotatable bonds is 6. The monoisotopic (exact) mass is 402 g/mol. The largest absolute Gasteiger partial charge is 0.489 e. The highest BCUT2D eigenvalue weighted by Crippen LogP contribution is 2.28. The molecule has 6 heteroatoms. The Hall–Kier alpha value is -2.48. The summed E-state index contributed by atoms with van der Waals surface area (Å²) in [6, 6.07) is 12.2. The highest BCUT2D eigenvalue weighted by Gasteiger charge is 2.12. The molecule has 4 nitrogen and oxygen atoms in total. The van der Waals surface area contributed by atoms with Gasteiger partial charge in [0, 0.05) is 10.7 Å². The number of amides is 1. The van der Waals surface area contributed by atoms with Gasteiger partial charge in [-0.15, -0.1) is 0 Å². The van der Waals surface area contributed by atoms with E-state index in [0.29, 0.717) is 27.0 Å². The maximum Gasteiger partial charge on any atom is 0.266 e. The third kappa shape index (κ3) is 5.75. The second-order valence-corrected chi connectivity index (χ2v) is 6.95. The van der Waals surface area contributed by atoms with Crippen LogP contribution < -0.4 is 10.1 Å². The van der Waals surface area contributed by atoms with Gasteiger partial charge in [-0.05, 0) is 61.7 Å². The van der Waals surface area contributed by atoms with E-state index < -0.39 is 5.91 Å². The predicted octanol–water partition coefficient (Wildman–Crippen LogP) is 6.02. The summed E-state index contributed by atoms with van der Waals surface area (Å²) in [7, 11) is 0. The van der Waals surface area contributed by atoms with Crippen LogP contribution in [0.3, 0.4) is 0 Å². The fourth-order valence-corrected chi connectivity index (χ4v) is 2.64. The van der Waals surface area contributed by atoms with Gasteiger partial charge in [-0.1, -0.05) is 42.3 Å². The maximum atomic E-state index is 12.4. The zero-order valence-corrected chi connectivity index (χ0v) is 16.9. The van der Waals surface area contributed by atoms with Crippen LogP contribution in [0.15, 0.2) is 42.0 Å². The molecule has 2 aromatic rings. The zero-order valence-electron chi connectivity index (χ0n) is 15.3. The van der Waals surface area contributed by atoms with Crippen LogP contribution in [-0.2, 0) is 4.79 Å². The van der Waals surface area contributed by atoms with Gasteiger partial charge in [-0.3, -0.25) is 4.79 Å². The summed E-state index contributed by atoms with van der Waals surface area (Å²) in [4.78, 5) is 12.4. The summed E-state index contributed by atoms with van der Waals surface area (Å²) in [5.41, 5.74) is 2.00. The van der Waals surface area contributed by atoms with Crippen LogP contribution in [0.5, 0.6) is 5.75 Å². The van der Waals surface area contributed by atoms with E-state index in [2.05, 4.69) is 5.32 Å². The van der Waals surface area contributed by atoms with Crippen LogP contribution >= 0.6 is 23.2 Å². The van der Waals surface area contributed by atoms with Gasteiger partial charge in [0.1, 0.15) is 17.4 Å². The van der Waals surface area contributed by atoms with E-state index in [4.69, 9.17) is 27.9 Å². The molecule has 0 spiro atoms. The van der Waals surface area contributed by atoms with Gasteiger partial charge in [0.15, 0.2) is 0 Å². The molecule has 0 heterocycles. The van der Waals surface area contributed by atoms with Crippen molar-refractivity contribution < 1.29 is 9.53 Å². The third-order valence-electron chi connectivity index (χ3n) is 3.98. The molecule has 27 heavy (non-hydrogen) atoms. The van der Waals surface area contributed by atoms with Crippen molar-refractivity contribution in [2.45, 2.75) is 33.3 Å². The van der Waals surface area contributed by atoms with Crippen molar-refractivity contribution in [3.8, 4) is 11.8 Å². The molecule has 0 aliphatic carbocycles. The summed E-state index contributed by atoms with van der Waals surface area (Å²) in [5, 5.41) is 13.0. The summed E-state index contributed by atoms with van der Waals surface area (Å²) in [6.07, 6.45) is 2.39. The molecule has 2 rings (SSSR count). The predicted molar refractivity (Wildman–Crippen MR) is 110 cm³/mol. The fourth-order valence-electron chi connectivity index (χ4n) is 2.24. The maximum absolute atomic E-state index is 12.4. The first-order valence-corrected chi connectivity index (χ1v) is 9.25. The second kappa shape index (κ2) is 9.45. The molecule has 0 aromatic heterocycles. The van der Waals surface area contributed by atoms with Crippen molar-refractivity contribution in [1.29, 1.82) is 5.26 Å². The van der Waals surface area contributed by atoms with Crippen LogP contribution in [0.4, 0.5) is 5.69 Å². The van der Waals surface area contributed by atoms with Gasteiger partial charge in [0.2, 0.25) is 0 Å². The first-order chi connectivity index (χ1) is 12.8. The van der Waals surface area contributed by atoms with Gasteiger partial charge < -0.3 is 10.1 Å². The molecule has 0 bridgehead atoms. The molecule has 0 saturated heterocycles. The van der Waals surface area contributed by atoms with E-state index in [-0.39, 0.29) is 11.7 Å². The Morgan fingerprint density at radius 1 is 1.30 bits per heavy atom. The topological polar surface area (TPSA) is 62.1 Å². The number of benzene rings is 2. The molecule has 2 aromatic carbocycles. The molecule has 1 N–H and O–H groups in total. The minimum absolute atomic E-state index is 0.0407. The van der Waals surface area contributed by atoms with Crippen molar-refractivity contribution in [2.75, 3.05) is 5.32 Å². The Bertz CT molecular complexity index is 917. The van der Waals surface area contributed by atoms with E-state index in [0.717, 1.165) is 12.0 Å². The summed E-state index contributed by atoms with van der Waals surface area (Å²) in [5.74, 6) is 0.0552. The number of aryl methyl sites for hydroxylation is 1. The van der Waals surface area contributed by atoms with Gasteiger partial charge in [0.25, 0.3) is 5.91 Å². The lowest BCUT2D eigenvalue weighted by Gasteiger charge is -2.14. The molecule has 0 unspecified atom stereocenters. The van der Waals surface area contributed by atoms with E-state index in [1.165, 1.54) is 6.08 Å². The van der Waals surface area contributed by atoms with Crippen molar-refractivity contribution in [3.63, 3.8) is 0 Å². The molecule has 1 amide bonds. The highest BCUT2D eigenvalue weighted by atomic mass is 35.5. The molecule has 1 atom stereocenters. The Morgan fingerprint density at radius 2 is 2.04 bits per heavy atom. The number of nitrogens with zero attached hydrogens (tertiary/aromatic N) is 1. The van der Waals surface area contributed by atoms with Crippen LogP contribution in [0, 0.1) is 18.3 Å². The molecule has 140 valence electrons. The van der Waals surface area contributed by atoms with E-state index in [1.807, 2.05) is 26.8 Å². The Balaban J connectivity index is 2.22. The lowest BCUT2D eigenvalue weighted by atomic mass is 10.1. The Morgan fingerprint density at radius 3 is 2.67 bits per heavy atom. The number of carbonyl (C=O) groups excluding carboxylic acids is 1. The van der Waals surface area contributed by atoms with Crippen molar-refractivity contribution >= 4 is 40.9 Å². The smallest absolute Gasteiger partial charge is 0.266 e. The van der Waals surface area contributed by atoms with E-state index in [9.17, 15) is 10.1 Å². The van der Waals surface area contributed by atoms with Crippen LogP contribution in [0.25, 0.3) is 6.08 Å². The van der Waals surface area contributed by atoms with Gasteiger partial charge in [-0.25, -0.2) is 0 Å². The lowest BCUT2D eigenvalue weighted by molar-refractivity contribution is -0.112. The minimum atomic E-state index is -0.515. The lowest BCUT2D eigenvalue weighted by Crippen LogP contribution is -2.14. The summed E-state index contributed by atoms with van der Waals surface area (Å²) >= 11 is 12.2. The Kier molecular flexibility index (Phi) is 7.29.